The second-order valence-electron chi connectivity index (χ2n) is 5.69. The van der Waals surface area contributed by atoms with Crippen molar-refractivity contribution in [1.82, 2.24) is 4.90 Å². The molecule has 0 aromatic rings. The zero-order valence-electron chi connectivity index (χ0n) is 12.1. The van der Waals surface area contributed by atoms with Crippen LogP contribution >= 0.6 is 0 Å². The Bertz CT molecular complexity index is 204. The molecule has 0 spiro atoms. The quantitative estimate of drug-likeness (QED) is 0.676. The summed E-state index contributed by atoms with van der Waals surface area (Å²) in [4.78, 5) is 13.0. The van der Waals surface area contributed by atoms with Gasteiger partial charge in [-0.3, -0.25) is 4.79 Å². The van der Waals surface area contributed by atoms with Crippen molar-refractivity contribution in [2.75, 3.05) is 13.1 Å². The van der Waals surface area contributed by atoms with E-state index in [9.17, 15) is 4.79 Å². The third-order valence-corrected chi connectivity index (χ3v) is 3.02. The molecule has 17 heavy (non-hydrogen) atoms. The Morgan fingerprint density at radius 1 is 1.12 bits per heavy atom. The van der Waals surface area contributed by atoms with E-state index < -0.39 is 5.97 Å². The second-order valence-corrected chi connectivity index (χ2v) is 5.69. The van der Waals surface area contributed by atoms with Crippen LogP contribution in [0.4, 0.5) is 0 Å². The van der Waals surface area contributed by atoms with Gasteiger partial charge in [-0.2, -0.15) is 0 Å². The van der Waals surface area contributed by atoms with Gasteiger partial charge in [0.15, 0.2) is 0 Å². The van der Waals surface area contributed by atoms with Crippen LogP contribution in [0.2, 0.25) is 0 Å². The number of aliphatic carboxylic acids is 1. The van der Waals surface area contributed by atoms with Crippen molar-refractivity contribution in [2.45, 2.75) is 59.9 Å². The van der Waals surface area contributed by atoms with E-state index in [-0.39, 0.29) is 6.42 Å². The van der Waals surface area contributed by atoms with Crippen LogP contribution in [0.3, 0.4) is 0 Å². The van der Waals surface area contributed by atoms with Crippen molar-refractivity contribution in [2.24, 2.45) is 11.8 Å². The molecule has 3 heteroatoms. The molecule has 0 amide bonds. The molecule has 1 N–H and O–H groups in total. The first-order valence-corrected chi connectivity index (χ1v) is 6.82. The van der Waals surface area contributed by atoms with Gasteiger partial charge >= 0.3 is 5.97 Å². The Hall–Kier alpha value is -0.570. The van der Waals surface area contributed by atoms with Gasteiger partial charge in [-0.25, -0.2) is 0 Å². The van der Waals surface area contributed by atoms with Gasteiger partial charge in [0.2, 0.25) is 0 Å². The summed E-state index contributed by atoms with van der Waals surface area (Å²) in [6.07, 6.45) is 2.57. The van der Waals surface area contributed by atoms with Gasteiger partial charge in [-0.05, 0) is 31.2 Å². The highest BCUT2D eigenvalue weighted by molar-refractivity contribution is 5.66. The smallest absolute Gasteiger partial charge is 0.304 e. The van der Waals surface area contributed by atoms with Gasteiger partial charge in [0.25, 0.3) is 0 Å². The molecule has 0 bridgehead atoms. The van der Waals surface area contributed by atoms with Gasteiger partial charge in [0.1, 0.15) is 0 Å². The average Bonchev–Trinajstić information content (AvgIpc) is 2.15. The predicted molar refractivity (Wildman–Crippen MR) is 72.2 cm³/mol. The number of hydrogen-bond acceptors (Lipinski definition) is 2. The van der Waals surface area contributed by atoms with Crippen LogP contribution < -0.4 is 0 Å². The number of rotatable bonds is 9. The first-order chi connectivity index (χ1) is 7.86. The number of carbonyl (C=O) groups is 1. The van der Waals surface area contributed by atoms with E-state index in [1.165, 1.54) is 0 Å². The molecule has 3 nitrogen and oxygen atoms in total. The zero-order chi connectivity index (χ0) is 13.4. The van der Waals surface area contributed by atoms with Crippen molar-refractivity contribution in [1.29, 1.82) is 0 Å². The lowest BCUT2D eigenvalue weighted by Gasteiger charge is -2.33. The molecule has 0 saturated heterocycles. The molecule has 0 aromatic heterocycles. The molecule has 0 fully saturated rings. The predicted octanol–water partition coefficient (Wildman–Crippen LogP) is 3.24. The Balaban J connectivity index is 4.42. The maximum absolute atomic E-state index is 10.7. The largest absolute Gasteiger partial charge is 0.481 e. The van der Waals surface area contributed by atoms with Crippen LogP contribution in [0.15, 0.2) is 0 Å². The normalized spacial score (nSPS) is 12.1. The van der Waals surface area contributed by atoms with Crippen LogP contribution in [0.5, 0.6) is 0 Å². The van der Waals surface area contributed by atoms with Gasteiger partial charge in [0, 0.05) is 12.6 Å². The maximum atomic E-state index is 10.7. The monoisotopic (exact) mass is 243 g/mol. The molecule has 0 saturated carbocycles. The second kappa shape index (κ2) is 8.51. The van der Waals surface area contributed by atoms with Crippen LogP contribution in [-0.4, -0.2) is 35.1 Å². The fourth-order valence-corrected chi connectivity index (χ4v) is 2.32. The SMILES string of the molecule is CCN(CCC(=O)O)C(CC(C)C)CC(C)C. The Kier molecular flexibility index (Phi) is 8.23. The Morgan fingerprint density at radius 2 is 1.59 bits per heavy atom. The van der Waals surface area contributed by atoms with Crippen LogP contribution in [0, 0.1) is 11.8 Å². The van der Waals surface area contributed by atoms with Crippen molar-refractivity contribution in [3.8, 4) is 0 Å². The lowest BCUT2D eigenvalue weighted by molar-refractivity contribution is -0.137. The lowest BCUT2D eigenvalue weighted by Crippen LogP contribution is -2.38. The molecule has 0 radical (unpaired) electrons. The fraction of sp³-hybridized carbons (Fsp3) is 0.929. The summed E-state index contributed by atoms with van der Waals surface area (Å²) in [6.45, 7) is 12.7. The fourth-order valence-electron chi connectivity index (χ4n) is 2.32. The van der Waals surface area contributed by atoms with E-state index in [1.54, 1.807) is 0 Å². The van der Waals surface area contributed by atoms with Gasteiger partial charge in [-0.15, -0.1) is 0 Å². The highest BCUT2D eigenvalue weighted by Crippen LogP contribution is 2.19. The minimum Gasteiger partial charge on any atom is -0.481 e. The Morgan fingerprint density at radius 3 is 1.88 bits per heavy atom. The highest BCUT2D eigenvalue weighted by atomic mass is 16.4. The molecular weight excluding hydrogens is 214 g/mol. The third-order valence-electron chi connectivity index (χ3n) is 3.02. The topological polar surface area (TPSA) is 40.5 Å². The molecule has 0 heterocycles. The first-order valence-electron chi connectivity index (χ1n) is 6.82. The van der Waals surface area contributed by atoms with E-state index in [4.69, 9.17) is 5.11 Å². The van der Waals surface area contributed by atoms with Crippen LogP contribution in [0.1, 0.15) is 53.9 Å². The van der Waals surface area contributed by atoms with Crippen molar-refractivity contribution >= 4 is 5.97 Å². The summed E-state index contributed by atoms with van der Waals surface area (Å²) in [5.41, 5.74) is 0. The lowest BCUT2D eigenvalue weighted by atomic mass is 9.94. The van der Waals surface area contributed by atoms with E-state index >= 15 is 0 Å². The minimum absolute atomic E-state index is 0.251. The first kappa shape index (κ1) is 16.4. The number of carboxylic acids is 1. The average molecular weight is 243 g/mol. The number of carboxylic acid groups (broad SMARTS) is 1. The maximum Gasteiger partial charge on any atom is 0.304 e. The summed E-state index contributed by atoms with van der Waals surface area (Å²) in [6, 6.07) is 0.527. The van der Waals surface area contributed by atoms with Crippen LogP contribution in [0.25, 0.3) is 0 Å². The standard InChI is InChI=1S/C14H29NO2/c1-6-15(8-7-14(16)17)13(9-11(2)3)10-12(4)5/h11-13H,6-10H2,1-5H3,(H,16,17). The summed E-state index contributed by atoms with van der Waals surface area (Å²) < 4.78 is 0. The van der Waals surface area contributed by atoms with Crippen molar-refractivity contribution < 1.29 is 9.90 Å². The van der Waals surface area contributed by atoms with E-state index in [0.717, 1.165) is 19.4 Å². The molecule has 0 unspecified atom stereocenters. The van der Waals surface area contributed by atoms with Crippen molar-refractivity contribution in [3.05, 3.63) is 0 Å². The van der Waals surface area contributed by atoms with Crippen molar-refractivity contribution in [3.63, 3.8) is 0 Å². The van der Waals surface area contributed by atoms with E-state index in [0.29, 0.717) is 24.4 Å². The van der Waals surface area contributed by atoms with Gasteiger partial charge < -0.3 is 10.0 Å². The third kappa shape index (κ3) is 8.19. The number of nitrogens with zero attached hydrogens (tertiary/aromatic N) is 1. The summed E-state index contributed by atoms with van der Waals surface area (Å²) >= 11 is 0. The molecule has 0 atom stereocenters. The molecule has 0 aliphatic carbocycles. The van der Waals surface area contributed by atoms with E-state index in [1.807, 2.05) is 0 Å². The molecular formula is C14H29NO2. The molecule has 0 aromatic carbocycles. The molecule has 0 aliphatic heterocycles. The molecule has 0 aliphatic rings. The number of hydrogen-bond donors (Lipinski definition) is 1. The van der Waals surface area contributed by atoms with Gasteiger partial charge in [-0.1, -0.05) is 34.6 Å². The molecule has 0 rings (SSSR count). The minimum atomic E-state index is -0.698. The summed E-state index contributed by atoms with van der Waals surface area (Å²) in [5, 5.41) is 8.78. The van der Waals surface area contributed by atoms with Gasteiger partial charge in [0.05, 0.1) is 6.42 Å². The zero-order valence-corrected chi connectivity index (χ0v) is 12.1. The van der Waals surface area contributed by atoms with Crippen LogP contribution in [-0.2, 0) is 4.79 Å². The Labute approximate surface area is 106 Å². The summed E-state index contributed by atoms with van der Waals surface area (Å²) in [7, 11) is 0. The van der Waals surface area contributed by atoms with E-state index in [2.05, 4.69) is 39.5 Å². The molecule has 102 valence electrons. The highest BCUT2D eigenvalue weighted by Gasteiger charge is 2.20. The summed E-state index contributed by atoms with van der Waals surface area (Å²) in [5.74, 6) is 0.631.